The fraction of sp³-hybridized carbons (Fsp3) is 0.357. The maximum absolute atomic E-state index is 12.6. The summed E-state index contributed by atoms with van der Waals surface area (Å²) in [5, 5.41) is 9.35. The van der Waals surface area contributed by atoms with Crippen LogP contribution in [0.2, 0.25) is 0 Å². The molecule has 0 saturated carbocycles. The van der Waals surface area contributed by atoms with Gasteiger partial charge in [-0.05, 0) is 25.0 Å². The van der Waals surface area contributed by atoms with Gasteiger partial charge in [0.15, 0.2) is 0 Å². The van der Waals surface area contributed by atoms with Gasteiger partial charge in [0.05, 0.1) is 11.2 Å². The number of amides is 1. The Morgan fingerprint density at radius 2 is 2.14 bits per heavy atom. The lowest BCUT2D eigenvalue weighted by Gasteiger charge is -2.26. The summed E-state index contributed by atoms with van der Waals surface area (Å²) < 4.78 is 5.55. The number of hydrogen-bond donors (Lipinski definition) is 1. The number of thiocarbonyl (C=S) groups is 1. The predicted molar refractivity (Wildman–Crippen MR) is 84.6 cm³/mol. The Kier molecular flexibility index (Phi) is 4.53. The van der Waals surface area contributed by atoms with Crippen LogP contribution in [0.25, 0.3) is 5.57 Å². The van der Waals surface area contributed by atoms with Crippen molar-refractivity contribution in [2.24, 2.45) is 5.92 Å². The number of aliphatic carboxylic acids is 1. The minimum absolute atomic E-state index is 0.242. The Morgan fingerprint density at radius 1 is 1.48 bits per heavy atom. The maximum atomic E-state index is 12.6. The number of hydrogen-bond acceptors (Lipinski definition) is 5. The summed E-state index contributed by atoms with van der Waals surface area (Å²) in [6.07, 6.45) is 1.52. The summed E-state index contributed by atoms with van der Waals surface area (Å²) in [4.78, 5) is 25.6. The summed E-state index contributed by atoms with van der Waals surface area (Å²) in [5.41, 5.74) is 0.660. The van der Waals surface area contributed by atoms with Crippen molar-refractivity contribution in [3.8, 4) is 0 Å². The van der Waals surface area contributed by atoms with Gasteiger partial charge in [0.1, 0.15) is 16.1 Å². The van der Waals surface area contributed by atoms with Crippen LogP contribution in [-0.2, 0) is 9.59 Å². The first kappa shape index (κ1) is 15.8. The molecule has 1 unspecified atom stereocenters. The van der Waals surface area contributed by atoms with Crippen LogP contribution in [0.1, 0.15) is 26.5 Å². The third-order valence-electron chi connectivity index (χ3n) is 3.19. The molecule has 5 nitrogen and oxygen atoms in total. The molecule has 21 heavy (non-hydrogen) atoms. The molecule has 0 bridgehead atoms. The SMILES string of the molecule is CC(=C1SC(=S)N(C(C(=O)O)C(C)C)C1=O)c1ccco1. The van der Waals surface area contributed by atoms with E-state index in [9.17, 15) is 14.7 Å². The van der Waals surface area contributed by atoms with E-state index in [0.29, 0.717) is 16.2 Å². The highest BCUT2D eigenvalue weighted by atomic mass is 32.2. The number of carboxylic acid groups (broad SMARTS) is 1. The molecule has 112 valence electrons. The van der Waals surface area contributed by atoms with E-state index in [0.717, 1.165) is 11.8 Å². The van der Waals surface area contributed by atoms with Gasteiger partial charge in [-0.2, -0.15) is 0 Å². The van der Waals surface area contributed by atoms with Crippen molar-refractivity contribution in [1.29, 1.82) is 0 Å². The number of carbonyl (C=O) groups is 2. The van der Waals surface area contributed by atoms with Crippen molar-refractivity contribution in [3.63, 3.8) is 0 Å². The maximum Gasteiger partial charge on any atom is 0.327 e. The van der Waals surface area contributed by atoms with Crippen LogP contribution >= 0.6 is 24.0 Å². The highest BCUT2D eigenvalue weighted by Gasteiger charge is 2.42. The van der Waals surface area contributed by atoms with E-state index in [-0.39, 0.29) is 16.1 Å². The molecule has 0 aliphatic carbocycles. The van der Waals surface area contributed by atoms with Crippen LogP contribution in [0.15, 0.2) is 27.7 Å². The van der Waals surface area contributed by atoms with E-state index in [1.54, 1.807) is 32.9 Å². The quantitative estimate of drug-likeness (QED) is 0.678. The first-order valence-electron chi connectivity index (χ1n) is 6.37. The number of carbonyl (C=O) groups excluding carboxylic acids is 1. The number of rotatable bonds is 4. The topological polar surface area (TPSA) is 70.8 Å². The highest BCUT2D eigenvalue weighted by molar-refractivity contribution is 8.26. The van der Waals surface area contributed by atoms with Gasteiger partial charge in [-0.15, -0.1) is 0 Å². The molecule has 2 heterocycles. The van der Waals surface area contributed by atoms with Gasteiger partial charge in [-0.25, -0.2) is 4.79 Å². The molecule has 7 heteroatoms. The van der Waals surface area contributed by atoms with E-state index < -0.39 is 12.0 Å². The molecule has 1 saturated heterocycles. The predicted octanol–water partition coefficient (Wildman–Crippen LogP) is 2.98. The molecule has 1 N–H and O–H groups in total. The van der Waals surface area contributed by atoms with Gasteiger partial charge in [0.25, 0.3) is 5.91 Å². The van der Waals surface area contributed by atoms with Crippen molar-refractivity contribution in [3.05, 3.63) is 29.1 Å². The van der Waals surface area contributed by atoms with Gasteiger partial charge in [-0.1, -0.05) is 37.8 Å². The zero-order valence-corrected chi connectivity index (χ0v) is 13.5. The van der Waals surface area contributed by atoms with E-state index >= 15 is 0 Å². The Balaban J connectivity index is 2.41. The lowest BCUT2D eigenvalue weighted by molar-refractivity contribution is -0.146. The van der Waals surface area contributed by atoms with Crippen LogP contribution in [0.4, 0.5) is 0 Å². The van der Waals surface area contributed by atoms with Crippen LogP contribution in [0.3, 0.4) is 0 Å². The van der Waals surface area contributed by atoms with Crippen LogP contribution in [0.5, 0.6) is 0 Å². The summed E-state index contributed by atoms with van der Waals surface area (Å²) >= 11 is 6.31. The van der Waals surface area contributed by atoms with Crippen LogP contribution in [0, 0.1) is 5.92 Å². The van der Waals surface area contributed by atoms with Gasteiger partial charge in [0.2, 0.25) is 0 Å². The monoisotopic (exact) mass is 325 g/mol. The molecule has 2 rings (SSSR count). The fourth-order valence-corrected chi connectivity index (χ4v) is 3.50. The van der Waals surface area contributed by atoms with E-state index in [4.69, 9.17) is 16.6 Å². The van der Waals surface area contributed by atoms with Gasteiger partial charge in [0, 0.05) is 5.57 Å². The van der Waals surface area contributed by atoms with Crippen molar-refractivity contribution < 1.29 is 19.1 Å². The standard InChI is InChI=1S/C14H15NO4S2/c1-7(2)10(13(17)18)15-12(16)11(21-14(15)20)8(3)9-5-4-6-19-9/h4-7,10H,1-3H3,(H,17,18). The Bertz CT molecular complexity index is 619. The molecule has 1 fully saturated rings. The molecule has 0 radical (unpaired) electrons. The largest absolute Gasteiger partial charge is 0.480 e. The average molecular weight is 325 g/mol. The Labute approximate surface area is 132 Å². The normalized spacial score (nSPS) is 19.3. The van der Waals surface area contributed by atoms with Gasteiger partial charge in [-0.3, -0.25) is 9.69 Å². The molecular weight excluding hydrogens is 310 g/mol. The lowest BCUT2D eigenvalue weighted by Crippen LogP contribution is -2.47. The van der Waals surface area contributed by atoms with Gasteiger partial charge < -0.3 is 9.52 Å². The zero-order chi connectivity index (χ0) is 15.7. The van der Waals surface area contributed by atoms with E-state index in [1.165, 1.54) is 11.2 Å². The van der Waals surface area contributed by atoms with E-state index in [1.807, 2.05) is 0 Å². The van der Waals surface area contributed by atoms with Crippen molar-refractivity contribution >= 4 is 45.7 Å². The molecule has 0 aromatic carbocycles. The smallest absolute Gasteiger partial charge is 0.327 e. The van der Waals surface area contributed by atoms with Crippen molar-refractivity contribution in [1.82, 2.24) is 4.90 Å². The van der Waals surface area contributed by atoms with Crippen LogP contribution < -0.4 is 0 Å². The van der Waals surface area contributed by atoms with Gasteiger partial charge >= 0.3 is 5.97 Å². The highest BCUT2D eigenvalue weighted by Crippen LogP contribution is 2.38. The van der Waals surface area contributed by atoms with Crippen molar-refractivity contribution in [2.75, 3.05) is 0 Å². The first-order valence-corrected chi connectivity index (χ1v) is 7.60. The molecule has 1 aliphatic rings. The molecule has 1 amide bonds. The molecular formula is C14H15NO4S2. The van der Waals surface area contributed by atoms with E-state index in [2.05, 4.69) is 0 Å². The number of carboxylic acids is 1. The summed E-state index contributed by atoms with van der Waals surface area (Å²) in [6.45, 7) is 5.26. The molecule has 1 aromatic heterocycles. The molecule has 1 aliphatic heterocycles. The summed E-state index contributed by atoms with van der Waals surface area (Å²) in [6, 6.07) is 2.52. The average Bonchev–Trinajstić information content (AvgIpc) is 3.00. The second-order valence-corrected chi connectivity index (χ2v) is 6.65. The summed E-state index contributed by atoms with van der Waals surface area (Å²) in [7, 11) is 0. The minimum atomic E-state index is -1.06. The third-order valence-corrected chi connectivity index (χ3v) is 4.70. The third kappa shape index (κ3) is 2.89. The molecule has 1 aromatic rings. The number of thioether (sulfide) groups is 1. The number of furan rings is 1. The van der Waals surface area contributed by atoms with Crippen LogP contribution in [-0.4, -0.2) is 32.2 Å². The van der Waals surface area contributed by atoms with Crippen molar-refractivity contribution in [2.45, 2.75) is 26.8 Å². The zero-order valence-electron chi connectivity index (χ0n) is 11.8. The lowest BCUT2D eigenvalue weighted by atomic mass is 10.0. The first-order chi connectivity index (χ1) is 9.84. The molecule has 0 spiro atoms. The minimum Gasteiger partial charge on any atom is -0.480 e. The number of nitrogens with zero attached hydrogens (tertiary/aromatic N) is 1. The number of allylic oxidation sites excluding steroid dienone is 1. The second kappa shape index (κ2) is 6.03. The fourth-order valence-electron chi connectivity index (χ4n) is 2.15. The summed E-state index contributed by atoms with van der Waals surface area (Å²) in [5.74, 6) is -1.10. The Hall–Kier alpha value is -1.60. The second-order valence-electron chi connectivity index (χ2n) is 5.00. The molecule has 1 atom stereocenters. The Morgan fingerprint density at radius 3 is 2.62 bits per heavy atom.